The van der Waals surface area contributed by atoms with Crippen LogP contribution in [0.5, 0.6) is 0 Å². The molecule has 0 fully saturated rings. The first kappa shape index (κ1) is 21.6. The van der Waals surface area contributed by atoms with Gasteiger partial charge in [0.2, 0.25) is 0 Å². The van der Waals surface area contributed by atoms with Crippen LogP contribution >= 0.6 is 0 Å². The van der Waals surface area contributed by atoms with Crippen LogP contribution in [0.2, 0.25) is 0 Å². The van der Waals surface area contributed by atoms with Gasteiger partial charge < -0.3 is 0 Å². The molecule has 0 aromatic heterocycles. The van der Waals surface area contributed by atoms with Crippen LogP contribution in [0.3, 0.4) is 0 Å². The van der Waals surface area contributed by atoms with Gasteiger partial charge in [0, 0.05) is 68.9 Å². The first-order chi connectivity index (χ1) is 7.00. The summed E-state index contributed by atoms with van der Waals surface area (Å²) in [5.74, 6) is -14.7. The summed E-state index contributed by atoms with van der Waals surface area (Å²) >= 11 is 0. The van der Waals surface area contributed by atoms with Crippen molar-refractivity contribution in [2.24, 2.45) is 0 Å². The van der Waals surface area contributed by atoms with Crippen LogP contribution in [-0.2, 0) is 10.1 Å². The molecule has 0 saturated carbocycles. The predicted octanol–water partition coefficient (Wildman–Crippen LogP) is 1.92. The van der Waals surface area contributed by atoms with Crippen molar-refractivity contribution in [2.45, 2.75) is 23.3 Å². The molecule has 0 aliphatic carbocycles. The Labute approximate surface area is 152 Å². The van der Waals surface area contributed by atoms with E-state index in [0.717, 1.165) is 0 Å². The Hall–Kier alpha value is 1.33. The van der Waals surface area contributed by atoms with Gasteiger partial charge in [-0.3, -0.25) is 4.55 Å². The van der Waals surface area contributed by atoms with Crippen LogP contribution in [0.4, 0.5) is 39.5 Å². The van der Waals surface area contributed by atoms with Crippen LogP contribution in [0.25, 0.3) is 0 Å². The maximum absolute atomic E-state index is 12.2. The van der Waals surface area contributed by atoms with E-state index >= 15 is 0 Å². The average Bonchev–Trinajstić information content (AvgIpc) is 1.98. The molecule has 18 heavy (non-hydrogen) atoms. The van der Waals surface area contributed by atoms with Crippen molar-refractivity contribution in [1.82, 2.24) is 0 Å². The first-order valence-corrected chi connectivity index (χ1v) is 4.61. The second-order valence-electron chi connectivity index (χ2n) is 2.64. The first-order valence-electron chi connectivity index (χ1n) is 3.17. The largest absolute Gasteiger partial charge is 0.460 e. The Kier molecular flexibility index (Phi) is 6.74. The molecule has 0 aromatic carbocycles. The molecule has 0 amide bonds. The van der Waals surface area contributed by atoms with Crippen LogP contribution in [0.1, 0.15) is 0 Å². The standard InChI is InChI=1S/C4HF9O3S.Cs/c5-1(6,3(9,10)11)2(7,8)4(12,13)17(14,15)16;/h(H,14,15,16);. The molecule has 0 heterocycles. The summed E-state index contributed by atoms with van der Waals surface area (Å²) in [7, 11) is -7.17. The minimum atomic E-state index is -7.37. The third-order valence-corrected chi connectivity index (χ3v) is 2.34. The topological polar surface area (TPSA) is 54.4 Å². The van der Waals surface area contributed by atoms with Gasteiger partial charge in [-0.05, 0) is 0 Å². The molecule has 1 radical (unpaired) electrons. The minimum Gasteiger partial charge on any atom is -0.281 e. The molecule has 14 heteroatoms. The number of alkyl halides is 9. The zero-order valence-corrected chi connectivity index (χ0v) is 15.2. The molecular formula is C4HCsF9O3S. The average molecular weight is 433 g/mol. The Morgan fingerprint density at radius 3 is 1.17 bits per heavy atom. The minimum absolute atomic E-state index is 0. The maximum Gasteiger partial charge on any atom is 0.460 e. The van der Waals surface area contributed by atoms with Gasteiger partial charge in [0.15, 0.2) is 0 Å². The van der Waals surface area contributed by atoms with E-state index in [2.05, 4.69) is 0 Å². The van der Waals surface area contributed by atoms with Crippen molar-refractivity contribution in [2.75, 3.05) is 0 Å². The van der Waals surface area contributed by atoms with Crippen molar-refractivity contribution in [1.29, 1.82) is 0 Å². The van der Waals surface area contributed by atoms with Crippen molar-refractivity contribution in [3.8, 4) is 0 Å². The van der Waals surface area contributed by atoms with Gasteiger partial charge >= 0.3 is 33.4 Å². The zero-order chi connectivity index (χ0) is 14.5. The summed E-state index contributed by atoms with van der Waals surface area (Å²) in [6.45, 7) is 0. The van der Waals surface area contributed by atoms with Gasteiger partial charge in [-0.1, -0.05) is 0 Å². The molecule has 0 atom stereocenters. The van der Waals surface area contributed by atoms with E-state index in [1.54, 1.807) is 0 Å². The Morgan fingerprint density at radius 1 is 0.722 bits per heavy atom. The number of hydrogen-bond acceptors (Lipinski definition) is 2. The van der Waals surface area contributed by atoms with Crippen molar-refractivity contribution < 1.29 is 52.5 Å². The molecule has 0 aliphatic rings. The molecule has 1 N–H and O–H groups in total. The van der Waals surface area contributed by atoms with Gasteiger partial charge in [0.05, 0.1) is 0 Å². The van der Waals surface area contributed by atoms with E-state index in [1.807, 2.05) is 0 Å². The summed E-state index contributed by atoms with van der Waals surface area (Å²) in [5, 5.41) is -7.00. The molecule has 0 spiro atoms. The summed E-state index contributed by atoms with van der Waals surface area (Å²) in [6.07, 6.45) is -7.13. The number of rotatable bonds is 3. The molecule has 105 valence electrons. The van der Waals surface area contributed by atoms with Crippen molar-refractivity contribution >= 4 is 79.0 Å². The Morgan fingerprint density at radius 2 is 1.00 bits per heavy atom. The molecule has 0 rings (SSSR count). The monoisotopic (exact) mass is 433 g/mol. The summed E-state index contributed by atoms with van der Waals surface area (Å²) < 4.78 is 134. The summed E-state index contributed by atoms with van der Waals surface area (Å²) in [4.78, 5) is 0. The van der Waals surface area contributed by atoms with Crippen molar-refractivity contribution in [3.63, 3.8) is 0 Å². The third-order valence-electron chi connectivity index (χ3n) is 1.44. The van der Waals surface area contributed by atoms with E-state index in [9.17, 15) is 47.9 Å². The fraction of sp³-hybridized carbons (Fsp3) is 1.00. The zero-order valence-electron chi connectivity index (χ0n) is 8.07. The number of halogens is 9. The van der Waals surface area contributed by atoms with E-state index in [1.165, 1.54) is 0 Å². The van der Waals surface area contributed by atoms with Crippen molar-refractivity contribution in [3.05, 3.63) is 0 Å². The second-order valence-corrected chi connectivity index (χ2v) is 4.10. The van der Waals surface area contributed by atoms with E-state index < -0.39 is 33.4 Å². The molecule has 3 nitrogen and oxygen atoms in total. The van der Waals surface area contributed by atoms with E-state index in [4.69, 9.17) is 4.55 Å². The van der Waals surface area contributed by atoms with E-state index in [-0.39, 0.29) is 68.9 Å². The third kappa shape index (κ3) is 3.32. The normalized spacial score (nSPS) is 15.2. The smallest absolute Gasteiger partial charge is 0.281 e. The molecule has 0 unspecified atom stereocenters. The molecule has 0 bridgehead atoms. The van der Waals surface area contributed by atoms with Gasteiger partial charge in [0.1, 0.15) is 0 Å². The van der Waals surface area contributed by atoms with Gasteiger partial charge in [-0.25, -0.2) is 0 Å². The second kappa shape index (κ2) is 5.61. The molecular weight excluding hydrogens is 432 g/mol. The SMILES string of the molecule is O=S(=O)(O)C(F)(F)C(F)(F)C(F)(F)C(F)(F)F.[Cs]. The molecule has 0 saturated heterocycles. The van der Waals surface area contributed by atoms with Crippen LogP contribution in [0.15, 0.2) is 0 Å². The maximum atomic E-state index is 12.2. The van der Waals surface area contributed by atoms with Gasteiger partial charge in [-0.15, -0.1) is 0 Å². The Balaban J connectivity index is 0. The molecule has 0 aromatic rings. The fourth-order valence-corrected chi connectivity index (χ4v) is 0.975. The van der Waals surface area contributed by atoms with Crippen LogP contribution in [0, 0.1) is 0 Å². The number of hydrogen-bond donors (Lipinski definition) is 1. The van der Waals surface area contributed by atoms with E-state index in [0.29, 0.717) is 0 Å². The fourth-order valence-electron chi connectivity index (χ4n) is 0.523. The summed E-state index contributed by atoms with van der Waals surface area (Å²) in [6, 6.07) is 0. The van der Waals surface area contributed by atoms with Crippen LogP contribution in [-0.4, -0.2) is 105 Å². The summed E-state index contributed by atoms with van der Waals surface area (Å²) in [5.41, 5.74) is 0. The van der Waals surface area contributed by atoms with Gasteiger partial charge in [0.25, 0.3) is 0 Å². The predicted molar refractivity (Wildman–Crippen MR) is 38.2 cm³/mol. The quantitative estimate of drug-likeness (QED) is 0.547. The van der Waals surface area contributed by atoms with Gasteiger partial charge in [-0.2, -0.15) is 47.9 Å². The molecule has 0 aliphatic heterocycles. The van der Waals surface area contributed by atoms with Crippen LogP contribution < -0.4 is 0 Å². The Bertz CT molecular complexity index is 399.